The van der Waals surface area contributed by atoms with Crippen LogP contribution in [0.15, 0.2) is 0 Å². The molecule has 1 saturated heterocycles. The second-order valence-corrected chi connectivity index (χ2v) is 7.06. The minimum absolute atomic E-state index is 0.254. The maximum Gasteiger partial charge on any atom is 0.222 e. The minimum Gasteiger partial charge on any atom is -0.341 e. The first-order valence-electron chi connectivity index (χ1n) is 7.35. The summed E-state index contributed by atoms with van der Waals surface area (Å²) in [5.41, 5.74) is 6.14. The lowest BCUT2D eigenvalue weighted by Gasteiger charge is -2.34. The van der Waals surface area contributed by atoms with Gasteiger partial charge >= 0.3 is 0 Å². The second-order valence-electron chi connectivity index (χ2n) is 5.65. The summed E-state index contributed by atoms with van der Waals surface area (Å²) in [7, 11) is 0. The number of nitrogens with two attached hydrogens (primary N) is 1. The van der Waals surface area contributed by atoms with Gasteiger partial charge in [0.2, 0.25) is 5.91 Å². The Kier molecular flexibility index (Phi) is 5.37. The average molecular weight is 270 g/mol. The van der Waals surface area contributed by atoms with E-state index in [2.05, 4.69) is 11.8 Å². The summed E-state index contributed by atoms with van der Waals surface area (Å²) in [6.45, 7) is 4.09. The normalized spacial score (nSPS) is 33.4. The van der Waals surface area contributed by atoms with Crippen LogP contribution < -0.4 is 5.73 Å². The fourth-order valence-electron chi connectivity index (χ4n) is 3.04. The minimum atomic E-state index is 0.254. The van der Waals surface area contributed by atoms with E-state index in [0.29, 0.717) is 23.5 Å². The predicted octanol–water partition coefficient (Wildman–Crippen LogP) is 2.25. The van der Waals surface area contributed by atoms with Crippen molar-refractivity contribution >= 4 is 17.7 Å². The van der Waals surface area contributed by atoms with Gasteiger partial charge in [0.1, 0.15) is 0 Å². The lowest BCUT2D eigenvalue weighted by Crippen LogP contribution is -2.44. The molecule has 1 aliphatic carbocycles. The standard InChI is InChI=1S/C14H26N2OS/c1-2-12-10-16(7-8-18-12)14(17)9-11-5-3-4-6-13(11)15/h11-13H,2-10,15H2,1H3. The first kappa shape index (κ1) is 14.2. The highest BCUT2D eigenvalue weighted by Gasteiger charge is 2.28. The van der Waals surface area contributed by atoms with E-state index in [4.69, 9.17) is 5.73 Å². The van der Waals surface area contributed by atoms with Crippen molar-refractivity contribution in [2.24, 2.45) is 11.7 Å². The van der Waals surface area contributed by atoms with E-state index in [0.717, 1.165) is 38.1 Å². The highest BCUT2D eigenvalue weighted by atomic mass is 32.2. The van der Waals surface area contributed by atoms with Crippen LogP contribution in [0.2, 0.25) is 0 Å². The van der Waals surface area contributed by atoms with Gasteiger partial charge in [-0.2, -0.15) is 11.8 Å². The van der Waals surface area contributed by atoms with Crippen molar-refractivity contribution in [3.63, 3.8) is 0 Å². The van der Waals surface area contributed by atoms with Crippen molar-refractivity contribution in [3.05, 3.63) is 0 Å². The number of hydrogen-bond acceptors (Lipinski definition) is 3. The van der Waals surface area contributed by atoms with Crippen molar-refractivity contribution in [1.82, 2.24) is 4.90 Å². The molecule has 0 aromatic heterocycles. The Morgan fingerprint density at radius 2 is 2.17 bits per heavy atom. The van der Waals surface area contributed by atoms with Gasteiger partial charge in [0, 0.05) is 36.6 Å². The largest absolute Gasteiger partial charge is 0.341 e. The quantitative estimate of drug-likeness (QED) is 0.855. The first-order chi connectivity index (χ1) is 8.70. The molecule has 3 atom stereocenters. The monoisotopic (exact) mass is 270 g/mol. The summed E-state index contributed by atoms with van der Waals surface area (Å²) in [5.74, 6) is 1.87. The summed E-state index contributed by atoms with van der Waals surface area (Å²) in [6.07, 6.45) is 6.58. The van der Waals surface area contributed by atoms with E-state index in [-0.39, 0.29) is 6.04 Å². The Bertz CT molecular complexity index is 285. The van der Waals surface area contributed by atoms with Crippen LogP contribution in [0.1, 0.15) is 45.4 Å². The molecule has 1 saturated carbocycles. The molecule has 0 spiro atoms. The number of carbonyl (C=O) groups excluding carboxylic acids is 1. The van der Waals surface area contributed by atoms with Crippen molar-refractivity contribution in [1.29, 1.82) is 0 Å². The van der Waals surface area contributed by atoms with Gasteiger partial charge in [-0.25, -0.2) is 0 Å². The molecule has 2 N–H and O–H groups in total. The fourth-order valence-corrected chi connectivity index (χ4v) is 4.22. The van der Waals surface area contributed by atoms with Crippen molar-refractivity contribution in [3.8, 4) is 0 Å². The summed E-state index contributed by atoms with van der Waals surface area (Å²) in [5, 5.41) is 0.641. The first-order valence-corrected chi connectivity index (χ1v) is 8.40. The SMILES string of the molecule is CCC1CN(C(=O)CC2CCCCC2N)CCS1. The summed E-state index contributed by atoms with van der Waals surface area (Å²) in [6, 6.07) is 0.254. The number of hydrogen-bond donors (Lipinski definition) is 1. The van der Waals surface area contributed by atoms with Crippen LogP contribution in [0.5, 0.6) is 0 Å². The van der Waals surface area contributed by atoms with Crippen LogP contribution >= 0.6 is 11.8 Å². The van der Waals surface area contributed by atoms with E-state index in [1.807, 2.05) is 11.8 Å². The van der Waals surface area contributed by atoms with Gasteiger partial charge in [-0.1, -0.05) is 19.8 Å². The molecule has 3 nitrogen and oxygen atoms in total. The molecule has 0 radical (unpaired) electrons. The van der Waals surface area contributed by atoms with Gasteiger partial charge in [0.15, 0.2) is 0 Å². The Hall–Kier alpha value is -0.220. The molecule has 0 aromatic carbocycles. The molecular weight excluding hydrogens is 244 g/mol. The Labute approximate surface area is 115 Å². The van der Waals surface area contributed by atoms with Crippen LogP contribution in [0.25, 0.3) is 0 Å². The lowest BCUT2D eigenvalue weighted by molar-refractivity contribution is -0.132. The molecule has 104 valence electrons. The molecule has 0 aromatic rings. The molecule has 2 aliphatic rings. The molecule has 18 heavy (non-hydrogen) atoms. The maximum absolute atomic E-state index is 12.3. The third-order valence-corrected chi connectivity index (χ3v) is 5.72. The van der Waals surface area contributed by atoms with Gasteiger partial charge in [0.05, 0.1) is 0 Å². The molecule has 1 heterocycles. The van der Waals surface area contributed by atoms with E-state index < -0.39 is 0 Å². The molecule has 2 fully saturated rings. The van der Waals surface area contributed by atoms with Gasteiger partial charge in [-0.05, 0) is 25.2 Å². The zero-order valence-electron chi connectivity index (χ0n) is 11.4. The molecule has 3 unspecified atom stereocenters. The van der Waals surface area contributed by atoms with E-state index in [1.54, 1.807) is 0 Å². The smallest absolute Gasteiger partial charge is 0.222 e. The van der Waals surface area contributed by atoms with E-state index in [1.165, 1.54) is 12.8 Å². The van der Waals surface area contributed by atoms with Crippen LogP contribution in [0, 0.1) is 5.92 Å². The zero-order chi connectivity index (χ0) is 13.0. The van der Waals surface area contributed by atoms with Crippen molar-refractivity contribution in [2.45, 2.75) is 56.7 Å². The van der Waals surface area contributed by atoms with E-state index in [9.17, 15) is 4.79 Å². The Morgan fingerprint density at radius 1 is 1.39 bits per heavy atom. The maximum atomic E-state index is 12.3. The number of nitrogens with zero attached hydrogens (tertiary/aromatic N) is 1. The number of rotatable bonds is 3. The molecule has 0 bridgehead atoms. The summed E-state index contributed by atoms with van der Waals surface area (Å²) in [4.78, 5) is 14.4. The molecule has 2 rings (SSSR count). The summed E-state index contributed by atoms with van der Waals surface area (Å²) < 4.78 is 0. The van der Waals surface area contributed by atoms with Gasteiger partial charge in [-0.3, -0.25) is 4.79 Å². The van der Waals surface area contributed by atoms with Crippen LogP contribution in [-0.4, -0.2) is 40.9 Å². The fraction of sp³-hybridized carbons (Fsp3) is 0.929. The lowest BCUT2D eigenvalue weighted by atomic mass is 9.82. The second kappa shape index (κ2) is 6.80. The highest BCUT2D eigenvalue weighted by Crippen LogP contribution is 2.27. The van der Waals surface area contributed by atoms with E-state index >= 15 is 0 Å². The third kappa shape index (κ3) is 3.64. The van der Waals surface area contributed by atoms with Crippen molar-refractivity contribution in [2.75, 3.05) is 18.8 Å². The van der Waals surface area contributed by atoms with Gasteiger partial charge in [-0.15, -0.1) is 0 Å². The molecule has 1 aliphatic heterocycles. The number of thioether (sulfide) groups is 1. The number of carbonyl (C=O) groups is 1. The van der Waals surface area contributed by atoms with Crippen molar-refractivity contribution < 1.29 is 4.79 Å². The van der Waals surface area contributed by atoms with Gasteiger partial charge in [0.25, 0.3) is 0 Å². The number of amides is 1. The summed E-state index contributed by atoms with van der Waals surface area (Å²) >= 11 is 2.01. The molecular formula is C14H26N2OS. The van der Waals surface area contributed by atoms with Crippen LogP contribution in [0.3, 0.4) is 0 Å². The van der Waals surface area contributed by atoms with Crippen LogP contribution in [0.4, 0.5) is 0 Å². The predicted molar refractivity (Wildman–Crippen MR) is 77.7 cm³/mol. The molecule has 1 amide bonds. The third-order valence-electron chi connectivity index (χ3n) is 4.35. The van der Waals surface area contributed by atoms with Crippen LogP contribution in [-0.2, 0) is 4.79 Å². The zero-order valence-corrected chi connectivity index (χ0v) is 12.3. The average Bonchev–Trinajstić information content (AvgIpc) is 2.41. The van der Waals surface area contributed by atoms with Gasteiger partial charge < -0.3 is 10.6 Å². The Balaban J connectivity index is 1.83. The topological polar surface area (TPSA) is 46.3 Å². The molecule has 4 heteroatoms. The Morgan fingerprint density at radius 3 is 2.89 bits per heavy atom. The highest BCUT2D eigenvalue weighted by molar-refractivity contribution is 8.00.